The fourth-order valence-corrected chi connectivity index (χ4v) is 1.68. The fourth-order valence-electron chi connectivity index (χ4n) is 1.68. The Morgan fingerprint density at radius 2 is 1.89 bits per heavy atom. The smallest absolute Gasteiger partial charge is 0.416 e. The van der Waals surface area contributed by atoms with Crippen LogP contribution in [-0.4, -0.2) is 17.1 Å². The van der Waals surface area contributed by atoms with E-state index >= 15 is 0 Å². The average molecular weight is 275 g/mol. The third-order valence-corrected chi connectivity index (χ3v) is 2.80. The first-order valence-corrected chi connectivity index (χ1v) is 5.80. The first-order chi connectivity index (χ1) is 8.62. The minimum Gasteiger partial charge on any atom is -0.480 e. The molecule has 2 N–H and O–H groups in total. The van der Waals surface area contributed by atoms with Gasteiger partial charge in [0, 0.05) is 5.69 Å². The van der Waals surface area contributed by atoms with E-state index in [0.29, 0.717) is 11.3 Å². The van der Waals surface area contributed by atoms with E-state index < -0.39 is 23.8 Å². The van der Waals surface area contributed by atoms with Crippen LogP contribution in [0.5, 0.6) is 0 Å². The number of anilines is 1. The summed E-state index contributed by atoms with van der Waals surface area (Å²) in [4.78, 5) is 11.0. The number of carbonyl (C=O) groups is 1. The van der Waals surface area contributed by atoms with Crippen LogP contribution >= 0.6 is 0 Å². The van der Waals surface area contributed by atoms with Gasteiger partial charge in [-0.05, 0) is 36.6 Å². The topological polar surface area (TPSA) is 49.3 Å². The molecule has 0 aliphatic carbocycles. The number of halogens is 3. The summed E-state index contributed by atoms with van der Waals surface area (Å²) < 4.78 is 37.5. The highest BCUT2D eigenvalue weighted by Crippen LogP contribution is 2.31. The Labute approximate surface area is 109 Å². The highest BCUT2D eigenvalue weighted by atomic mass is 19.4. The SMILES string of the molecule is Cc1cc(C(F)(F)F)ccc1NC(C(=O)O)C(C)C. The number of hydrogen-bond acceptors (Lipinski definition) is 2. The zero-order chi connectivity index (χ0) is 14.8. The van der Waals surface area contributed by atoms with Gasteiger partial charge in [0.15, 0.2) is 0 Å². The molecule has 0 fully saturated rings. The van der Waals surface area contributed by atoms with Gasteiger partial charge in [0.25, 0.3) is 0 Å². The van der Waals surface area contributed by atoms with Gasteiger partial charge in [0.1, 0.15) is 6.04 Å². The lowest BCUT2D eigenvalue weighted by molar-refractivity contribution is -0.139. The van der Waals surface area contributed by atoms with E-state index in [0.717, 1.165) is 12.1 Å². The predicted molar refractivity (Wildman–Crippen MR) is 66.1 cm³/mol. The van der Waals surface area contributed by atoms with Crippen molar-refractivity contribution in [2.45, 2.75) is 33.0 Å². The third kappa shape index (κ3) is 3.87. The number of benzene rings is 1. The minimum absolute atomic E-state index is 0.181. The summed E-state index contributed by atoms with van der Waals surface area (Å²) in [7, 11) is 0. The molecule has 0 radical (unpaired) electrons. The Morgan fingerprint density at radius 1 is 1.32 bits per heavy atom. The highest BCUT2D eigenvalue weighted by molar-refractivity contribution is 5.78. The molecule has 0 spiro atoms. The molecule has 0 bridgehead atoms. The molecule has 1 unspecified atom stereocenters. The standard InChI is InChI=1S/C13H16F3NO2/c1-7(2)11(12(18)19)17-10-5-4-9(6-8(10)3)13(14,15)16/h4-7,11,17H,1-3H3,(H,18,19). The Kier molecular flexibility index (Phi) is 4.44. The zero-order valence-corrected chi connectivity index (χ0v) is 10.9. The number of alkyl halides is 3. The monoisotopic (exact) mass is 275 g/mol. The molecule has 19 heavy (non-hydrogen) atoms. The Morgan fingerprint density at radius 3 is 2.26 bits per heavy atom. The van der Waals surface area contributed by atoms with E-state index in [1.165, 1.54) is 13.0 Å². The van der Waals surface area contributed by atoms with Crippen molar-refractivity contribution >= 4 is 11.7 Å². The number of rotatable bonds is 4. The van der Waals surface area contributed by atoms with Gasteiger partial charge >= 0.3 is 12.1 Å². The average Bonchev–Trinajstić information content (AvgIpc) is 2.24. The quantitative estimate of drug-likeness (QED) is 0.883. The van der Waals surface area contributed by atoms with E-state index in [1.807, 2.05) is 0 Å². The summed E-state index contributed by atoms with van der Waals surface area (Å²) in [5.41, 5.74) is 0.0165. The molecular formula is C13H16F3NO2. The number of carboxylic acids is 1. The van der Waals surface area contributed by atoms with Crippen molar-refractivity contribution in [2.24, 2.45) is 5.92 Å². The Bertz CT molecular complexity index is 469. The molecule has 1 rings (SSSR count). The molecule has 0 amide bonds. The van der Waals surface area contributed by atoms with Gasteiger partial charge in [-0.25, -0.2) is 4.79 Å². The molecule has 1 atom stereocenters. The second-order valence-electron chi connectivity index (χ2n) is 4.73. The molecule has 0 aromatic heterocycles. The number of carboxylic acid groups (broad SMARTS) is 1. The summed E-state index contributed by atoms with van der Waals surface area (Å²) in [6, 6.07) is 2.36. The first kappa shape index (κ1) is 15.3. The van der Waals surface area contributed by atoms with Crippen molar-refractivity contribution in [3.8, 4) is 0 Å². The first-order valence-electron chi connectivity index (χ1n) is 5.80. The summed E-state index contributed by atoms with van der Waals surface area (Å²) >= 11 is 0. The number of aryl methyl sites for hydroxylation is 1. The van der Waals surface area contributed by atoms with Crippen molar-refractivity contribution in [1.82, 2.24) is 0 Å². The lowest BCUT2D eigenvalue weighted by atomic mass is 10.0. The van der Waals surface area contributed by atoms with E-state index in [9.17, 15) is 18.0 Å². The van der Waals surface area contributed by atoms with E-state index in [2.05, 4.69) is 5.32 Å². The van der Waals surface area contributed by atoms with Crippen LogP contribution in [0.15, 0.2) is 18.2 Å². The lowest BCUT2D eigenvalue weighted by Crippen LogP contribution is -2.34. The Hall–Kier alpha value is -1.72. The van der Waals surface area contributed by atoms with E-state index in [1.54, 1.807) is 13.8 Å². The molecular weight excluding hydrogens is 259 g/mol. The van der Waals surface area contributed by atoms with Gasteiger partial charge in [-0.2, -0.15) is 13.2 Å². The molecule has 3 nitrogen and oxygen atoms in total. The second kappa shape index (κ2) is 5.50. The molecule has 0 aliphatic heterocycles. The molecule has 1 aromatic rings. The molecule has 0 saturated carbocycles. The summed E-state index contributed by atoms with van der Waals surface area (Å²) in [6.07, 6.45) is -4.40. The van der Waals surface area contributed by atoms with Gasteiger partial charge in [-0.15, -0.1) is 0 Å². The molecule has 6 heteroatoms. The van der Waals surface area contributed by atoms with Crippen LogP contribution in [0.3, 0.4) is 0 Å². The zero-order valence-electron chi connectivity index (χ0n) is 10.9. The van der Waals surface area contributed by atoms with Crippen LogP contribution < -0.4 is 5.32 Å². The molecule has 0 aliphatic rings. The maximum Gasteiger partial charge on any atom is 0.416 e. The second-order valence-corrected chi connectivity index (χ2v) is 4.73. The summed E-state index contributed by atoms with van der Waals surface area (Å²) in [5.74, 6) is -1.21. The van der Waals surface area contributed by atoms with E-state index in [4.69, 9.17) is 5.11 Å². The van der Waals surface area contributed by atoms with E-state index in [-0.39, 0.29) is 5.92 Å². The van der Waals surface area contributed by atoms with Gasteiger partial charge in [0.2, 0.25) is 0 Å². The Balaban J connectivity index is 3.00. The van der Waals surface area contributed by atoms with Crippen molar-refractivity contribution in [3.63, 3.8) is 0 Å². The van der Waals surface area contributed by atoms with Crippen LogP contribution in [-0.2, 0) is 11.0 Å². The van der Waals surface area contributed by atoms with Gasteiger partial charge in [-0.3, -0.25) is 0 Å². The van der Waals surface area contributed by atoms with Crippen molar-refractivity contribution in [1.29, 1.82) is 0 Å². The molecule has 0 heterocycles. The van der Waals surface area contributed by atoms with Gasteiger partial charge in [-0.1, -0.05) is 13.8 Å². The minimum atomic E-state index is -4.40. The lowest BCUT2D eigenvalue weighted by Gasteiger charge is -2.21. The number of nitrogens with one attached hydrogen (secondary N) is 1. The van der Waals surface area contributed by atoms with Crippen LogP contribution in [0.25, 0.3) is 0 Å². The molecule has 0 saturated heterocycles. The van der Waals surface area contributed by atoms with Crippen LogP contribution in [0.2, 0.25) is 0 Å². The maximum absolute atomic E-state index is 12.5. The summed E-state index contributed by atoms with van der Waals surface area (Å²) in [6.45, 7) is 4.97. The highest BCUT2D eigenvalue weighted by Gasteiger charge is 2.31. The number of hydrogen-bond donors (Lipinski definition) is 2. The largest absolute Gasteiger partial charge is 0.480 e. The normalized spacial score (nSPS) is 13.4. The van der Waals surface area contributed by atoms with Crippen molar-refractivity contribution in [2.75, 3.05) is 5.32 Å². The van der Waals surface area contributed by atoms with Crippen molar-refractivity contribution in [3.05, 3.63) is 29.3 Å². The van der Waals surface area contributed by atoms with Gasteiger partial charge < -0.3 is 10.4 Å². The van der Waals surface area contributed by atoms with Crippen LogP contribution in [0, 0.1) is 12.8 Å². The summed E-state index contributed by atoms with van der Waals surface area (Å²) in [5, 5.41) is 11.8. The van der Waals surface area contributed by atoms with Crippen molar-refractivity contribution < 1.29 is 23.1 Å². The maximum atomic E-state index is 12.5. The predicted octanol–water partition coefficient (Wildman–Crippen LogP) is 3.53. The third-order valence-electron chi connectivity index (χ3n) is 2.80. The van der Waals surface area contributed by atoms with Crippen LogP contribution in [0.1, 0.15) is 25.0 Å². The van der Waals surface area contributed by atoms with Crippen LogP contribution in [0.4, 0.5) is 18.9 Å². The fraction of sp³-hybridized carbons (Fsp3) is 0.462. The molecule has 106 valence electrons. The molecule has 1 aromatic carbocycles. The van der Waals surface area contributed by atoms with Gasteiger partial charge in [0.05, 0.1) is 5.56 Å². The number of aliphatic carboxylic acids is 1.